The quantitative estimate of drug-likeness (QED) is 0.538. The molecule has 1 fully saturated rings. The lowest BCUT2D eigenvalue weighted by atomic mass is 10.1. The van der Waals surface area contributed by atoms with Gasteiger partial charge in [-0.25, -0.2) is 15.8 Å². The van der Waals surface area contributed by atoms with Gasteiger partial charge in [0.05, 0.1) is 12.8 Å². The molecule has 1 aliphatic heterocycles. The van der Waals surface area contributed by atoms with E-state index in [9.17, 15) is 0 Å². The molecule has 96 valence electrons. The number of aromatic nitrogens is 3. The number of nitrogens with one attached hydrogen (secondary N) is 2. The highest BCUT2D eigenvalue weighted by Gasteiger charge is 2.16. The van der Waals surface area contributed by atoms with Gasteiger partial charge in [0.2, 0.25) is 0 Å². The molecular formula is C11H16N6O. The van der Waals surface area contributed by atoms with E-state index < -0.39 is 0 Å². The number of nitrogens with zero attached hydrogens (tertiary/aromatic N) is 3. The molecule has 1 aliphatic rings. The summed E-state index contributed by atoms with van der Waals surface area (Å²) >= 11 is 0. The number of anilines is 2. The Balaban J connectivity index is 1.82. The van der Waals surface area contributed by atoms with Gasteiger partial charge in [-0.1, -0.05) is 0 Å². The minimum atomic E-state index is 0.538. The summed E-state index contributed by atoms with van der Waals surface area (Å²) in [5, 5.41) is 3.32. The Morgan fingerprint density at radius 1 is 1.56 bits per heavy atom. The molecule has 0 radical (unpaired) electrons. The third-order valence-electron chi connectivity index (χ3n) is 3.10. The predicted octanol–water partition coefficient (Wildman–Crippen LogP) is 0.463. The van der Waals surface area contributed by atoms with Crippen LogP contribution in [0, 0.1) is 5.92 Å². The second-order valence-electron chi connectivity index (χ2n) is 4.39. The maximum atomic E-state index is 5.40. The van der Waals surface area contributed by atoms with Gasteiger partial charge in [-0.15, -0.1) is 0 Å². The Morgan fingerprint density at radius 2 is 2.50 bits per heavy atom. The van der Waals surface area contributed by atoms with Crippen LogP contribution in [0.4, 0.5) is 11.6 Å². The second kappa shape index (κ2) is 4.79. The van der Waals surface area contributed by atoms with Crippen molar-refractivity contribution in [2.75, 3.05) is 30.5 Å². The SMILES string of the molecule is NNc1cn2ccnc2c(NCC2CCOC2)n1. The number of nitrogen functional groups attached to an aromatic ring is 1. The van der Waals surface area contributed by atoms with Crippen LogP contribution in [0.3, 0.4) is 0 Å². The summed E-state index contributed by atoms with van der Waals surface area (Å²) < 4.78 is 7.23. The first-order valence-corrected chi connectivity index (χ1v) is 5.99. The summed E-state index contributed by atoms with van der Waals surface area (Å²) in [4.78, 5) is 8.66. The summed E-state index contributed by atoms with van der Waals surface area (Å²) in [7, 11) is 0. The molecule has 1 unspecified atom stereocenters. The van der Waals surface area contributed by atoms with E-state index in [1.165, 1.54) is 0 Å². The maximum absolute atomic E-state index is 5.40. The Hall–Kier alpha value is -1.86. The zero-order valence-corrected chi connectivity index (χ0v) is 9.97. The molecule has 0 amide bonds. The summed E-state index contributed by atoms with van der Waals surface area (Å²) in [6.07, 6.45) is 6.49. The zero-order valence-electron chi connectivity index (χ0n) is 9.97. The zero-order chi connectivity index (χ0) is 12.4. The minimum absolute atomic E-state index is 0.538. The first-order valence-electron chi connectivity index (χ1n) is 5.99. The van der Waals surface area contributed by atoms with Crippen LogP contribution in [-0.4, -0.2) is 34.1 Å². The van der Waals surface area contributed by atoms with Gasteiger partial charge < -0.3 is 19.9 Å². The number of fused-ring (bicyclic) bond motifs is 1. The van der Waals surface area contributed by atoms with E-state index in [2.05, 4.69) is 20.7 Å². The highest BCUT2D eigenvalue weighted by molar-refractivity contribution is 5.65. The molecular weight excluding hydrogens is 232 g/mol. The van der Waals surface area contributed by atoms with Gasteiger partial charge in [0, 0.05) is 31.5 Å². The van der Waals surface area contributed by atoms with Gasteiger partial charge in [0.15, 0.2) is 17.3 Å². The summed E-state index contributed by atoms with van der Waals surface area (Å²) in [5.41, 5.74) is 3.35. The lowest BCUT2D eigenvalue weighted by molar-refractivity contribution is 0.187. The Morgan fingerprint density at radius 3 is 3.28 bits per heavy atom. The van der Waals surface area contributed by atoms with E-state index in [0.717, 1.165) is 37.6 Å². The first-order chi connectivity index (χ1) is 8.86. The van der Waals surface area contributed by atoms with E-state index >= 15 is 0 Å². The molecule has 0 spiro atoms. The Kier molecular flexibility index (Phi) is 2.99. The van der Waals surface area contributed by atoms with Crippen molar-refractivity contribution in [3.05, 3.63) is 18.6 Å². The standard InChI is InChI=1S/C11H16N6O/c12-16-9-6-17-3-2-13-11(17)10(15-9)14-5-8-1-4-18-7-8/h2-3,6,8,16H,1,4-5,7,12H2,(H,14,15). The van der Waals surface area contributed by atoms with Crippen molar-refractivity contribution in [3.63, 3.8) is 0 Å². The molecule has 7 heteroatoms. The van der Waals surface area contributed by atoms with E-state index in [4.69, 9.17) is 10.6 Å². The number of hydrogen-bond donors (Lipinski definition) is 3. The number of imidazole rings is 1. The molecule has 0 aliphatic carbocycles. The smallest absolute Gasteiger partial charge is 0.180 e. The second-order valence-corrected chi connectivity index (χ2v) is 4.39. The molecule has 1 atom stereocenters. The molecule has 18 heavy (non-hydrogen) atoms. The van der Waals surface area contributed by atoms with Crippen molar-refractivity contribution in [2.24, 2.45) is 11.8 Å². The summed E-state index contributed by atoms with van der Waals surface area (Å²) in [6.45, 7) is 2.50. The van der Waals surface area contributed by atoms with Crippen LogP contribution in [0.2, 0.25) is 0 Å². The highest BCUT2D eigenvalue weighted by atomic mass is 16.5. The van der Waals surface area contributed by atoms with E-state index in [-0.39, 0.29) is 0 Å². The van der Waals surface area contributed by atoms with Gasteiger partial charge in [-0.05, 0) is 6.42 Å². The van der Waals surface area contributed by atoms with Gasteiger partial charge >= 0.3 is 0 Å². The van der Waals surface area contributed by atoms with E-state index in [1.807, 2.05) is 10.6 Å². The van der Waals surface area contributed by atoms with Crippen molar-refractivity contribution in [1.29, 1.82) is 0 Å². The lowest BCUT2D eigenvalue weighted by Crippen LogP contribution is -2.17. The van der Waals surface area contributed by atoms with Crippen molar-refractivity contribution in [1.82, 2.24) is 14.4 Å². The van der Waals surface area contributed by atoms with Crippen LogP contribution in [0.5, 0.6) is 0 Å². The van der Waals surface area contributed by atoms with Crippen LogP contribution in [0.15, 0.2) is 18.6 Å². The van der Waals surface area contributed by atoms with Crippen LogP contribution in [-0.2, 0) is 4.74 Å². The topological polar surface area (TPSA) is 89.5 Å². The molecule has 0 saturated carbocycles. The number of rotatable bonds is 4. The number of ether oxygens (including phenoxy) is 1. The summed E-state index contributed by atoms with van der Waals surface area (Å²) in [5.74, 6) is 7.28. The molecule has 2 aromatic heterocycles. The van der Waals surface area contributed by atoms with Crippen molar-refractivity contribution in [3.8, 4) is 0 Å². The average molecular weight is 248 g/mol. The number of hydrazine groups is 1. The van der Waals surface area contributed by atoms with Gasteiger partial charge in [0.1, 0.15) is 0 Å². The fraction of sp³-hybridized carbons (Fsp3) is 0.455. The Bertz CT molecular complexity index is 533. The minimum Gasteiger partial charge on any atom is -0.381 e. The molecule has 7 nitrogen and oxygen atoms in total. The van der Waals surface area contributed by atoms with Crippen LogP contribution in [0.25, 0.3) is 5.65 Å². The fourth-order valence-corrected chi connectivity index (χ4v) is 2.11. The first kappa shape index (κ1) is 11.2. The fourth-order valence-electron chi connectivity index (χ4n) is 2.11. The number of hydrogen-bond acceptors (Lipinski definition) is 6. The van der Waals surface area contributed by atoms with Crippen molar-refractivity contribution in [2.45, 2.75) is 6.42 Å². The molecule has 4 N–H and O–H groups in total. The molecule has 2 aromatic rings. The molecule has 0 bridgehead atoms. The van der Waals surface area contributed by atoms with E-state index in [0.29, 0.717) is 11.7 Å². The molecule has 0 aromatic carbocycles. The Labute approximate surface area is 104 Å². The average Bonchev–Trinajstić information content (AvgIpc) is 3.06. The van der Waals surface area contributed by atoms with Crippen LogP contribution < -0.4 is 16.6 Å². The maximum Gasteiger partial charge on any atom is 0.180 e. The third kappa shape index (κ3) is 2.09. The van der Waals surface area contributed by atoms with Crippen LogP contribution >= 0.6 is 0 Å². The normalized spacial score (nSPS) is 19.3. The molecule has 3 heterocycles. The van der Waals surface area contributed by atoms with Gasteiger partial charge in [-0.3, -0.25) is 0 Å². The van der Waals surface area contributed by atoms with Crippen molar-refractivity contribution >= 4 is 17.3 Å². The van der Waals surface area contributed by atoms with Gasteiger partial charge in [-0.2, -0.15) is 0 Å². The number of nitrogens with two attached hydrogens (primary N) is 1. The lowest BCUT2D eigenvalue weighted by Gasteiger charge is -2.12. The molecule has 3 rings (SSSR count). The highest BCUT2D eigenvalue weighted by Crippen LogP contribution is 2.18. The summed E-state index contributed by atoms with van der Waals surface area (Å²) in [6, 6.07) is 0. The third-order valence-corrected chi connectivity index (χ3v) is 3.10. The van der Waals surface area contributed by atoms with E-state index in [1.54, 1.807) is 12.4 Å². The predicted molar refractivity (Wildman–Crippen MR) is 68.2 cm³/mol. The molecule has 1 saturated heterocycles. The van der Waals surface area contributed by atoms with Crippen molar-refractivity contribution < 1.29 is 4.74 Å². The van der Waals surface area contributed by atoms with Crippen LogP contribution in [0.1, 0.15) is 6.42 Å². The largest absolute Gasteiger partial charge is 0.381 e. The van der Waals surface area contributed by atoms with Gasteiger partial charge in [0.25, 0.3) is 0 Å². The monoisotopic (exact) mass is 248 g/mol.